The molecule has 0 saturated carbocycles. The Balaban J connectivity index is 2.56. The molecule has 7 nitrogen and oxygen atoms in total. The second kappa shape index (κ2) is 8.60. The largest absolute Gasteiger partial charge is 0.481 e. The first-order valence-corrected chi connectivity index (χ1v) is 7.94. The molecule has 1 saturated heterocycles. The van der Waals surface area contributed by atoms with Gasteiger partial charge in [0.1, 0.15) is 6.04 Å². The molecule has 0 spiro atoms. The van der Waals surface area contributed by atoms with Crippen molar-refractivity contribution in [1.29, 1.82) is 0 Å². The lowest BCUT2D eigenvalue weighted by molar-refractivity contribution is -0.142. The Labute approximate surface area is 131 Å². The Bertz CT molecular complexity index is 412. The SMILES string of the molecule is CCCC(CNC(=O)[C@@H]1CCCN1C(=O)NC(C)C)C(=O)O. The van der Waals surface area contributed by atoms with Crippen molar-refractivity contribution in [2.75, 3.05) is 13.1 Å². The summed E-state index contributed by atoms with van der Waals surface area (Å²) in [4.78, 5) is 36.9. The number of carbonyl (C=O) groups excluding carboxylic acids is 2. The monoisotopic (exact) mass is 313 g/mol. The minimum Gasteiger partial charge on any atom is -0.481 e. The number of nitrogens with zero attached hydrogens (tertiary/aromatic N) is 1. The summed E-state index contributed by atoms with van der Waals surface area (Å²) in [6.07, 6.45) is 2.67. The number of hydrogen-bond acceptors (Lipinski definition) is 3. The molecule has 2 atom stereocenters. The number of hydrogen-bond donors (Lipinski definition) is 3. The Morgan fingerprint density at radius 3 is 2.55 bits per heavy atom. The van der Waals surface area contributed by atoms with E-state index in [0.717, 1.165) is 12.8 Å². The minimum absolute atomic E-state index is 0.0118. The molecule has 1 rings (SSSR count). The highest BCUT2D eigenvalue weighted by atomic mass is 16.4. The zero-order valence-electron chi connectivity index (χ0n) is 13.6. The summed E-state index contributed by atoms with van der Waals surface area (Å²) in [7, 11) is 0. The van der Waals surface area contributed by atoms with Crippen molar-refractivity contribution in [3.63, 3.8) is 0 Å². The van der Waals surface area contributed by atoms with Crippen LogP contribution < -0.4 is 10.6 Å². The predicted octanol–water partition coefficient (Wildman–Crippen LogP) is 1.19. The van der Waals surface area contributed by atoms with Gasteiger partial charge in [-0.3, -0.25) is 9.59 Å². The minimum atomic E-state index is -0.900. The molecule has 0 aromatic carbocycles. The molecule has 1 aliphatic heterocycles. The van der Waals surface area contributed by atoms with Gasteiger partial charge < -0.3 is 20.6 Å². The lowest BCUT2D eigenvalue weighted by Gasteiger charge is -2.25. The van der Waals surface area contributed by atoms with Gasteiger partial charge in [0.25, 0.3) is 0 Å². The number of carboxylic acids is 1. The second-order valence-corrected chi connectivity index (χ2v) is 6.02. The van der Waals surface area contributed by atoms with E-state index in [2.05, 4.69) is 10.6 Å². The van der Waals surface area contributed by atoms with Gasteiger partial charge in [-0.1, -0.05) is 13.3 Å². The fourth-order valence-electron chi connectivity index (χ4n) is 2.62. The number of likely N-dealkylation sites (tertiary alicyclic amines) is 1. The molecule has 1 heterocycles. The average molecular weight is 313 g/mol. The van der Waals surface area contributed by atoms with Crippen molar-refractivity contribution < 1.29 is 19.5 Å². The first-order valence-electron chi connectivity index (χ1n) is 7.94. The maximum Gasteiger partial charge on any atom is 0.318 e. The summed E-state index contributed by atoms with van der Waals surface area (Å²) < 4.78 is 0. The van der Waals surface area contributed by atoms with E-state index in [9.17, 15) is 14.4 Å². The Hall–Kier alpha value is -1.79. The van der Waals surface area contributed by atoms with E-state index < -0.39 is 17.9 Å². The van der Waals surface area contributed by atoms with E-state index in [-0.39, 0.29) is 24.5 Å². The van der Waals surface area contributed by atoms with Gasteiger partial charge in [-0.25, -0.2) is 4.79 Å². The smallest absolute Gasteiger partial charge is 0.318 e. The van der Waals surface area contributed by atoms with Crippen molar-refractivity contribution in [3.8, 4) is 0 Å². The molecule has 1 aliphatic rings. The summed E-state index contributed by atoms with van der Waals surface area (Å²) in [5, 5.41) is 14.6. The molecule has 0 radical (unpaired) electrons. The van der Waals surface area contributed by atoms with Gasteiger partial charge in [-0.15, -0.1) is 0 Å². The average Bonchev–Trinajstić information content (AvgIpc) is 2.91. The molecule has 1 unspecified atom stereocenters. The van der Waals surface area contributed by atoms with Crippen LogP contribution in [0.3, 0.4) is 0 Å². The molecule has 0 aromatic rings. The predicted molar refractivity (Wildman–Crippen MR) is 82.4 cm³/mol. The fourth-order valence-corrected chi connectivity index (χ4v) is 2.62. The van der Waals surface area contributed by atoms with E-state index >= 15 is 0 Å². The van der Waals surface area contributed by atoms with E-state index in [4.69, 9.17) is 5.11 Å². The molecule has 22 heavy (non-hydrogen) atoms. The normalized spacial score (nSPS) is 19.1. The zero-order chi connectivity index (χ0) is 16.7. The summed E-state index contributed by atoms with van der Waals surface area (Å²) in [6.45, 7) is 6.30. The number of urea groups is 1. The fraction of sp³-hybridized carbons (Fsp3) is 0.800. The van der Waals surface area contributed by atoms with Crippen LogP contribution in [0.4, 0.5) is 4.79 Å². The Morgan fingerprint density at radius 1 is 1.32 bits per heavy atom. The summed E-state index contributed by atoms with van der Waals surface area (Å²) in [5.74, 6) is -1.74. The number of rotatable bonds is 7. The van der Waals surface area contributed by atoms with Gasteiger partial charge in [-0.2, -0.15) is 0 Å². The highest BCUT2D eigenvalue weighted by Crippen LogP contribution is 2.18. The van der Waals surface area contributed by atoms with E-state index in [1.54, 1.807) is 0 Å². The standard InChI is InChI=1S/C15H27N3O4/c1-4-6-11(14(20)21)9-16-13(19)12-7-5-8-18(12)15(22)17-10(2)3/h10-12H,4-9H2,1-3H3,(H,16,19)(H,17,22)(H,20,21)/t11?,12-/m0/s1. The maximum atomic E-state index is 12.3. The van der Waals surface area contributed by atoms with E-state index in [0.29, 0.717) is 19.4 Å². The Morgan fingerprint density at radius 2 is 2.00 bits per heavy atom. The van der Waals surface area contributed by atoms with Crippen LogP contribution in [-0.4, -0.2) is 53.1 Å². The van der Waals surface area contributed by atoms with Crippen molar-refractivity contribution in [2.45, 2.75) is 58.5 Å². The molecule has 3 amide bonds. The van der Waals surface area contributed by atoms with Gasteiger partial charge in [0.15, 0.2) is 0 Å². The number of carbonyl (C=O) groups is 3. The maximum absolute atomic E-state index is 12.3. The van der Waals surface area contributed by atoms with Crippen molar-refractivity contribution in [3.05, 3.63) is 0 Å². The molecule has 126 valence electrons. The molecule has 0 aromatic heterocycles. The van der Waals surface area contributed by atoms with Crippen LogP contribution in [0.1, 0.15) is 46.5 Å². The van der Waals surface area contributed by atoms with Gasteiger partial charge in [0.2, 0.25) is 5.91 Å². The van der Waals surface area contributed by atoms with Crippen LogP contribution in [0.15, 0.2) is 0 Å². The van der Waals surface area contributed by atoms with Gasteiger partial charge >= 0.3 is 12.0 Å². The van der Waals surface area contributed by atoms with Crippen molar-refractivity contribution in [2.24, 2.45) is 5.92 Å². The summed E-state index contributed by atoms with van der Waals surface area (Å²) >= 11 is 0. The van der Waals surface area contributed by atoms with Gasteiger partial charge in [0.05, 0.1) is 5.92 Å². The lowest BCUT2D eigenvalue weighted by atomic mass is 10.0. The highest BCUT2D eigenvalue weighted by molar-refractivity contribution is 5.88. The molecular formula is C15H27N3O4. The third-order valence-electron chi connectivity index (χ3n) is 3.74. The first kappa shape index (κ1) is 18.3. The molecule has 0 aliphatic carbocycles. The van der Waals surface area contributed by atoms with E-state index in [1.165, 1.54) is 4.90 Å². The summed E-state index contributed by atoms with van der Waals surface area (Å²) in [5.41, 5.74) is 0. The number of carboxylic acid groups (broad SMARTS) is 1. The summed E-state index contributed by atoms with van der Waals surface area (Å²) in [6, 6.07) is -0.733. The molecule has 7 heteroatoms. The molecule has 1 fully saturated rings. The van der Waals surface area contributed by atoms with Crippen molar-refractivity contribution in [1.82, 2.24) is 15.5 Å². The number of amides is 3. The quantitative estimate of drug-likeness (QED) is 0.657. The highest BCUT2D eigenvalue weighted by Gasteiger charge is 2.34. The van der Waals surface area contributed by atoms with E-state index in [1.807, 2.05) is 20.8 Å². The van der Waals surface area contributed by atoms with Crippen LogP contribution in [0.5, 0.6) is 0 Å². The van der Waals surface area contributed by atoms with Crippen molar-refractivity contribution >= 4 is 17.9 Å². The van der Waals surface area contributed by atoms with Gasteiger partial charge in [-0.05, 0) is 33.1 Å². The Kier molecular flexibility index (Phi) is 7.14. The van der Waals surface area contributed by atoms with Crippen LogP contribution in [0.25, 0.3) is 0 Å². The number of aliphatic carboxylic acids is 1. The lowest BCUT2D eigenvalue weighted by Crippen LogP contribution is -2.51. The van der Waals surface area contributed by atoms with Crippen LogP contribution in [-0.2, 0) is 9.59 Å². The topological polar surface area (TPSA) is 98.7 Å². The third-order valence-corrected chi connectivity index (χ3v) is 3.74. The molecule has 0 bridgehead atoms. The zero-order valence-corrected chi connectivity index (χ0v) is 13.6. The second-order valence-electron chi connectivity index (χ2n) is 6.02. The van der Waals surface area contributed by atoms with Gasteiger partial charge in [0, 0.05) is 19.1 Å². The van der Waals surface area contributed by atoms with Crippen LogP contribution in [0.2, 0.25) is 0 Å². The number of nitrogens with one attached hydrogen (secondary N) is 2. The first-order chi connectivity index (χ1) is 10.4. The third kappa shape index (κ3) is 5.20. The van der Waals surface area contributed by atoms with Crippen LogP contribution >= 0.6 is 0 Å². The molecular weight excluding hydrogens is 286 g/mol. The van der Waals surface area contributed by atoms with Crippen LogP contribution in [0, 0.1) is 5.92 Å². The molecule has 3 N–H and O–H groups in total.